The summed E-state index contributed by atoms with van der Waals surface area (Å²) in [5.41, 5.74) is 7.64. The lowest BCUT2D eigenvalue weighted by molar-refractivity contribution is -0.136. The van der Waals surface area contributed by atoms with Crippen LogP contribution in [0.5, 0.6) is 11.5 Å². The second-order valence-electron chi connectivity index (χ2n) is 8.03. The van der Waals surface area contributed by atoms with E-state index < -0.39 is 0 Å². The Kier molecular flexibility index (Phi) is 5.74. The highest BCUT2D eigenvalue weighted by molar-refractivity contribution is 5.81. The number of hydrogen-bond acceptors (Lipinski definition) is 5. The van der Waals surface area contributed by atoms with E-state index in [4.69, 9.17) is 15.2 Å². The van der Waals surface area contributed by atoms with Crippen LogP contribution in [0, 0.1) is 0 Å². The molecular formula is C23H29N3O3. The van der Waals surface area contributed by atoms with Gasteiger partial charge in [-0.05, 0) is 24.6 Å². The zero-order valence-corrected chi connectivity index (χ0v) is 17.0. The smallest absolute Gasteiger partial charge is 0.239 e. The molecule has 6 nitrogen and oxygen atoms in total. The van der Waals surface area contributed by atoms with Gasteiger partial charge in [0.2, 0.25) is 5.91 Å². The summed E-state index contributed by atoms with van der Waals surface area (Å²) in [6, 6.07) is 17.7. The predicted octanol–water partition coefficient (Wildman–Crippen LogP) is 2.10. The van der Waals surface area contributed by atoms with Crippen molar-refractivity contribution in [2.24, 2.45) is 5.73 Å². The van der Waals surface area contributed by atoms with Crippen LogP contribution in [0.3, 0.4) is 0 Å². The third-order valence-corrected chi connectivity index (χ3v) is 5.95. The zero-order chi connectivity index (χ0) is 20.4. The van der Waals surface area contributed by atoms with Crippen molar-refractivity contribution in [3.8, 4) is 11.5 Å². The fourth-order valence-electron chi connectivity index (χ4n) is 4.25. The molecule has 2 aromatic rings. The van der Waals surface area contributed by atoms with Crippen LogP contribution in [0.15, 0.2) is 54.6 Å². The fraction of sp³-hybridized carbons (Fsp3) is 0.435. The van der Waals surface area contributed by atoms with Gasteiger partial charge in [0.15, 0.2) is 17.6 Å². The number of rotatable bonds is 5. The van der Waals surface area contributed by atoms with Gasteiger partial charge in [-0.1, -0.05) is 42.5 Å². The Morgan fingerprint density at radius 1 is 1.14 bits per heavy atom. The summed E-state index contributed by atoms with van der Waals surface area (Å²) in [6.07, 6.45) is -0.177. The Morgan fingerprint density at radius 2 is 1.83 bits per heavy atom. The number of likely N-dealkylation sites (N-methyl/N-ethyl adjacent to an activating group) is 1. The lowest BCUT2D eigenvalue weighted by Gasteiger charge is -2.32. The quantitative estimate of drug-likeness (QED) is 0.840. The van der Waals surface area contributed by atoms with Crippen molar-refractivity contribution in [2.75, 3.05) is 33.3 Å². The first kappa shape index (κ1) is 19.7. The van der Waals surface area contributed by atoms with Crippen LogP contribution in [0.2, 0.25) is 0 Å². The van der Waals surface area contributed by atoms with Crippen LogP contribution >= 0.6 is 0 Å². The summed E-state index contributed by atoms with van der Waals surface area (Å²) in [7, 11) is 1.83. The highest BCUT2D eigenvalue weighted by atomic mass is 16.6. The molecule has 4 rings (SSSR count). The van der Waals surface area contributed by atoms with Crippen LogP contribution in [0.4, 0.5) is 0 Å². The van der Waals surface area contributed by atoms with Gasteiger partial charge in [0.1, 0.15) is 6.61 Å². The van der Waals surface area contributed by atoms with Crippen LogP contribution in [0.25, 0.3) is 0 Å². The molecule has 0 spiro atoms. The molecule has 6 heteroatoms. The van der Waals surface area contributed by atoms with Crippen molar-refractivity contribution in [3.63, 3.8) is 0 Å². The van der Waals surface area contributed by atoms with Crippen LogP contribution in [-0.2, 0) is 4.79 Å². The molecule has 0 saturated carbocycles. The highest BCUT2D eigenvalue weighted by Crippen LogP contribution is 2.31. The number of hydrogen-bond donors (Lipinski definition) is 1. The van der Waals surface area contributed by atoms with Crippen LogP contribution < -0.4 is 15.2 Å². The second-order valence-corrected chi connectivity index (χ2v) is 8.03. The molecule has 2 heterocycles. The van der Waals surface area contributed by atoms with Gasteiger partial charge in [-0.15, -0.1) is 0 Å². The van der Waals surface area contributed by atoms with Crippen molar-refractivity contribution in [3.05, 3.63) is 60.2 Å². The highest BCUT2D eigenvalue weighted by Gasteiger charge is 2.37. The summed E-state index contributed by atoms with van der Waals surface area (Å²) in [4.78, 5) is 17.0. The number of likely N-dealkylation sites (tertiary alicyclic amines) is 1. The van der Waals surface area contributed by atoms with Gasteiger partial charge in [0, 0.05) is 32.1 Å². The number of nitrogens with zero attached hydrogens (tertiary/aromatic N) is 2. The molecule has 0 aromatic heterocycles. The van der Waals surface area contributed by atoms with E-state index >= 15 is 0 Å². The number of carbonyl (C=O) groups is 1. The Labute approximate surface area is 172 Å². The maximum Gasteiger partial charge on any atom is 0.239 e. The minimum atomic E-state index is -0.225. The predicted molar refractivity (Wildman–Crippen MR) is 112 cm³/mol. The van der Waals surface area contributed by atoms with E-state index in [1.165, 1.54) is 5.56 Å². The molecule has 4 atom stereocenters. The van der Waals surface area contributed by atoms with E-state index in [-0.39, 0.29) is 30.0 Å². The summed E-state index contributed by atoms with van der Waals surface area (Å²) in [5, 5.41) is 0. The van der Waals surface area contributed by atoms with Gasteiger partial charge in [0.05, 0.1) is 12.6 Å². The minimum absolute atomic E-state index is 0.0320. The standard InChI is InChI=1S/C23H29N3O3/c1-16(26-13-19(20(24)14-26)17-8-4-3-5-9-17)23(27)25(2)12-18-15-28-21-10-6-7-11-22(21)29-18/h3-11,16,18-20H,12-15,24H2,1-2H3/t16?,18?,19-,20+/m0/s1. The third-order valence-electron chi connectivity index (χ3n) is 5.95. The van der Waals surface area contributed by atoms with Crippen molar-refractivity contribution in [1.82, 2.24) is 9.80 Å². The summed E-state index contributed by atoms with van der Waals surface area (Å²) in [6.45, 7) is 4.40. The zero-order valence-electron chi connectivity index (χ0n) is 17.0. The third kappa shape index (κ3) is 4.23. The van der Waals surface area contributed by atoms with E-state index in [1.54, 1.807) is 4.90 Å². The largest absolute Gasteiger partial charge is 0.486 e. The van der Waals surface area contributed by atoms with Gasteiger partial charge in [-0.25, -0.2) is 0 Å². The average Bonchev–Trinajstić information content (AvgIpc) is 3.14. The molecule has 0 radical (unpaired) electrons. The molecule has 0 aliphatic carbocycles. The topological polar surface area (TPSA) is 68.0 Å². The molecule has 154 valence electrons. The Bertz CT molecular complexity index is 844. The molecule has 2 aliphatic heterocycles. The van der Waals surface area contributed by atoms with Gasteiger partial charge in [0.25, 0.3) is 0 Å². The number of carbonyl (C=O) groups excluding carboxylic acids is 1. The molecule has 1 amide bonds. The van der Waals surface area contributed by atoms with Crippen molar-refractivity contribution >= 4 is 5.91 Å². The SMILES string of the molecule is CC(C(=O)N(C)CC1COc2ccccc2O1)N1C[C@@H](N)[C@H](c2ccccc2)C1. The molecule has 2 aromatic carbocycles. The van der Waals surface area contributed by atoms with Gasteiger partial charge in [-0.2, -0.15) is 0 Å². The molecule has 2 unspecified atom stereocenters. The van der Waals surface area contributed by atoms with Crippen molar-refractivity contribution < 1.29 is 14.3 Å². The maximum absolute atomic E-state index is 13.0. The fourth-order valence-corrected chi connectivity index (χ4v) is 4.25. The minimum Gasteiger partial charge on any atom is -0.486 e. The Balaban J connectivity index is 1.34. The monoisotopic (exact) mass is 395 g/mol. The first-order valence-corrected chi connectivity index (χ1v) is 10.2. The van der Waals surface area contributed by atoms with Gasteiger partial charge < -0.3 is 20.1 Å². The van der Waals surface area contributed by atoms with E-state index in [1.807, 2.05) is 56.4 Å². The lowest BCUT2D eigenvalue weighted by Crippen LogP contribution is -2.49. The van der Waals surface area contributed by atoms with Crippen LogP contribution in [-0.4, -0.2) is 67.2 Å². The molecule has 1 saturated heterocycles. The van der Waals surface area contributed by atoms with Gasteiger partial charge >= 0.3 is 0 Å². The molecule has 1 fully saturated rings. The Hall–Kier alpha value is -2.57. The first-order valence-electron chi connectivity index (χ1n) is 10.2. The first-order chi connectivity index (χ1) is 14.0. The lowest BCUT2D eigenvalue weighted by atomic mass is 9.95. The average molecular weight is 396 g/mol. The summed E-state index contributed by atoms with van der Waals surface area (Å²) >= 11 is 0. The molecule has 29 heavy (non-hydrogen) atoms. The van der Waals surface area contributed by atoms with Gasteiger partial charge in [-0.3, -0.25) is 9.69 Å². The van der Waals surface area contributed by atoms with E-state index in [9.17, 15) is 4.79 Å². The number of nitrogens with two attached hydrogens (primary N) is 1. The van der Waals surface area contributed by atoms with Crippen molar-refractivity contribution in [2.45, 2.75) is 31.0 Å². The second kappa shape index (κ2) is 8.43. The number of benzene rings is 2. The summed E-state index contributed by atoms with van der Waals surface area (Å²) in [5.74, 6) is 1.81. The number of amides is 1. The van der Waals surface area contributed by atoms with Crippen LogP contribution in [0.1, 0.15) is 18.4 Å². The number of ether oxygens (including phenoxy) is 2. The Morgan fingerprint density at radius 3 is 2.59 bits per heavy atom. The molecular weight excluding hydrogens is 366 g/mol. The van der Waals surface area contributed by atoms with Crippen molar-refractivity contribution in [1.29, 1.82) is 0 Å². The summed E-state index contributed by atoms with van der Waals surface area (Å²) < 4.78 is 11.8. The normalized spacial score (nSPS) is 24.9. The number of fused-ring (bicyclic) bond motifs is 1. The maximum atomic E-state index is 13.0. The van der Waals surface area contributed by atoms with E-state index in [0.717, 1.165) is 24.6 Å². The van der Waals surface area contributed by atoms with E-state index in [2.05, 4.69) is 17.0 Å². The molecule has 2 N–H and O–H groups in total. The molecule has 0 bridgehead atoms. The number of para-hydroxylation sites is 2. The van der Waals surface area contributed by atoms with E-state index in [0.29, 0.717) is 13.2 Å². The molecule has 2 aliphatic rings.